The SMILES string of the molecule is CCC(N)C(CCO)c1ccccc1C1CC1. The quantitative estimate of drug-likeness (QED) is 0.793. The molecular weight excluding hydrogens is 210 g/mol. The van der Waals surface area contributed by atoms with E-state index in [1.807, 2.05) is 0 Å². The van der Waals surface area contributed by atoms with Crippen LogP contribution < -0.4 is 5.73 Å². The van der Waals surface area contributed by atoms with Crippen molar-refractivity contribution in [2.45, 2.75) is 50.5 Å². The van der Waals surface area contributed by atoms with E-state index in [2.05, 4.69) is 31.2 Å². The molecule has 3 N–H and O–H groups in total. The maximum atomic E-state index is 9.23. The highest BCUT2D eigenvalue weighted by molar-refractivity contribution is 5.36. The van der Waals surface area contributed by atoms with Crippen LogP contribution in [0.3, 0.4) is 0 Å². The number of aliphatic hydroxyl groups is 1. The van der Waals surface area contributed by atoms with Gasteiger partial charge in [-0.1, -0.05) is 31.2 Å². The summed E-state index contributed by atoms with van der Waals surface area (Å²) in [4.78, 5) is 0. The Balaban J connectivity index is 2.27. The van der Waals surface area contributed by atoms with Crippen LogP contribution in [0.5, 0.6) is 0 Å². The van der Waals surface area contributed by atoms with Gasteiger partial charge in [0.15, 0.2) is 0 Å². The molecule has 1 aliphatic rings. The molecule has 0 heterocycles. The highest BCUT2D eigenvalue weighted by Gasteiger charge is 2.29. The lowest BCUT2D eigenvalue weighted by molar-refractivity contribution is 0.266. The third kappa shape index (κ3) is 2.88. The zero-order chi connectivity index (χ0) is 12.3. The molecule has 1 fully saturated rings. The summed E-state index contributed by atoms with van der Waals surface area (Å²) in [5, 5.41) is 9.23. The Kier molecular flexibility index (Phi) is 4.19. The Morgan fingerprint density at radius 3 is 2.65 bits per heavy atom. The first-order valence-corrected chi connectivity index (χ1v) is 6.73. The van der Waals surface area contributed by atoms with E-state index in [9.17, 15) is 5.11 Å². The normalized spacial score (nSPS) is 19.0. The molecule has 2 nitrogen and oxygen atoms in total. The maximum Gasteiger partial charge on any atom is 0.0437 e. The van der Waals surface area contributed by atoms with Gasteiger partial charge in [-0.3, -0.25) is 0 Å². The van der Waals surface area contributed by atoms with Crippen molar-refractivity contribution in [3.05, 3.63) is 35.4 Å². The third-order valence-corrected chi connectivity index (χ3v) is 3.84. The van der Waals surface area contributed by atoms with Gasteiger partial charge >= 0.3 is 0 Å². The van der Waals surface area contributed by atoms with Crippen molar-refractivity contribution in [1.29, 1.82) is 0 Å². The fourth-order valence-electron chi connectivity index (χ4n) is 2.64. The molecule has 2 rings (SSSR count). The Morgan fingerprint density at radius 1 is 1.35 bits per heavy atom. The molecule has 1 aromatic rings. The Hall–Kier alpha value is -0.860. The smallest absolute Gasteiger partial charge is 0.0437 e. The van der Waals surface area contributed by atoms with Gasteiger partial charge in [0.2, 0.25) is 0 Å². The summed E-state index contributed by atoms with van der Waals surface area (Å²) < 4.78 is 0. The van der Waals surface area contributed by atoms with Crippen molar-refractivity contribution in [3.63, 3.8) is 0 Å². The lowest BCUT2D eigenvalue weighted by atomic mass is 9.84. The minimum atomic E-state index is 0.155. The standard InChI is InChI=1S/C15H23NO/c1-2-15(16)14(9-10-17)13-6-4-3-5-12(13)11-7-8-11/h3-6,11,14-15,17H,2,7-10,16H2,1H3. The van der Waals surface area contributed by atoms with E-state index < -0.39 is 0 Å². The van der Waals surface area contributed by atoms with Crippen molar-refractivity contribution < 1.29 is 5.11 Å². The summed E-state index contributed by atoms with van der Waals surface area (Å²) in [6, 6.07) is 8.80. The van der Waals surface area contributed by atoms with E-state index in [0.29, 0.717) is 5.92 Å². The van der Waals surface area contributed by atoms with Gasteiger partial charge in [0.25, 0.3) is 0 Å². The van der Waals surface area contributed by atoms with Gasteiger partial charge in [0.05, 0.1) is 0 Å². The lowest BCUT2D eigenvalue weighted by Crippen LogP contribution is -2.29. The summed E-state index contributed by atoms with van der Waals surface area (Å²) in [7, 11) is 0. The molecule has 0 spiro atoms. The van der Waals surface area contributed by atoms with Crippen LogP contribution in [0.25, 0.3) is 0 Å². The summed E-state index contributed by atoms with van der Waals surface area (Å²) in [5.74, 6) is 1.05. The summed E-state index contributed by atoms with van der Waals surface area (Å²) in [6.45, 7) is 2.34. The van der Waals surface area contributed by atoms with Crippen LogP contribution in [0.1, 0.15) is 55.6 Å². The third-order valence-electron chi connectivity index (χ3n) is 3.84. The molecule has 94 valence electrons. The van der Waals surface area contributed by atoms with Crippen LogP contribution >= 0.6 is 0 Å². The first-order chi connectivity index (χ1) is 8.27. The Morgan fingerprint density at radius 2 is 2.06 bits per heavy atom. The zero-order valence-electron chi connectivity index (χ0n) is 10.6. The number of aliphatic hydroxyl groups excluding tert-OH is 1. The molecular formula is C15H23NO. The second-order valence-electron chi connectivity index (χ2n) is 5.09. The highest BCUT2D eigenvalue weighted by Crippen LogP contribution is 2.44. The Labute approximate surface area is 104 Å². The topological polar surface area (TPSA) is 46.2 Å². The number of hydrogen-bond donors (Lipinski definition) is 2. The van der Waals surface area contributed by atoms with E-state index in [1.54, 1.807) is 0 Å². The molecule has 0 radical (unpaired) electrons. The second kappa shape index (κ2) is 5.65. The minimum absolute atomic E-state index is 0.155. The number of nitrogens with two attached hydrogens (primary N) is 1. The van der Waals surface area contributed by atoms with Gasteiger partial charge < -0.3 is 10.8 Å². The average molecular weight is 233 g/mol. The summed E-state index contributed by atoms with van der Waals surface area (Å²) in [6.07, 6.45) is 4.36. The Bertz CT molecular complexity index is 360. The van der Waals surface area contributed by atoms with Crippen molar-refractivity contribution in [2.24, 2.45) is 5.73 Å². The van der Waals surface area contributed by atoms with E-state index in [-0.39, 0.29) is 12.6 Å². The van der Waals surface area contributed by atoms with Crippen molar-refractivity contribution in [3.8, 4) is 0 Å². The van der Waals surface area contributed by atoms with Gasteiger partial charge in [-0.2, -0.15) is 0 Å². The van der Waals surface area contributed by atoms with Gasteiger partial charge in [-0.15, -0.1) is 0 Å². The van der Waals surface area contributed by atoms with Gasteiger partial charge in [-0.25, -0.2) is 0 Å². The fourth-order valence-corrected chi connectivity index (χ4v) is 2.64. The maximum absolute atomic E-state index is 9.23. The number of benzene rings is 1. The van der Waals surface area contributed by atoms with Crippen molar-refractivity contribution in [2.75, 3.05) is 6.61 Å². The number of hydrogen-bond acceptors (Lipinski definition) is 2. The van der Waals surface area contributed by atoms with E-state index in [4.69, 9.17) is 5.73 Å². The molecule has 2 atom stereocenters. The summed E-state index contributed by atoms with van der Waals surface area (Å²) >= 11 is 0. The van der Waals surface area contributed by atoms with Crippen LogP contribution in [0.2, 0.25) is 0 Å². The number of rotatable bonds is 6. The lowest BCUT2D eigenvalue weighted by Gasteiger charge is -2.25. The van der Waals surface area contributed by atoms with E-state index in [1.165, 1.54) is 24.0 Å². The fraction of sp³-hybridized carbons (Fsp3) is 0.600. The molecule has 0 amide bonds. The van der Waals surface area contributed by atoms with Crippen molar-refractivity contribution >= 4 is 0 Å². The molecule has 17 heavy (non-hydrogen) atoms. The van der Waals surface area contributed by atoms with Crippen LogP contribution in [0.15, 0.2) is 24.3 Å². The molecule has 0 bridgehead atoms. The summed E-state index contributed by atoms with van der Waals surface area (Å²) in [5.41, 5.74) is 9.05. The molecule has 1 saturated carbocycles. The van der Waals surface area contributed by atoms with Crippen LogP contribution in [0.4, 0.5) is 0 Å². The second-order valence-corrected chi connectivity index (χ2v) is 5.09. The molecule has 0 saturated heterocycles. The van der Waals surface area contributed by atoms with Crippen LogP contribution in [-0.2, 0) is 0 Å². The van der Waals surface area contributed by atoms with Gasteiger partial charge in [-0.05, 0) is 42.7 Å². The molecule has 0 aromatic heterocycles. The monoisotopic (exact) mass is 233 g/mol. The predicted octanol–water partition coefficient (Wildman–Crippen LogP) is 2.77. The minimum Gasteiger partial charge on any atom is -0.396 e. The predicted molar refractivity (Wildman–Crippen MR) is 71.1 cm³/mol. The van der Waals surface area contributed by atoms with E-state index in [0.717, 1.165) is 18.8 Å². The molecule has 1 aromatic carbocycles. The van der Waals surface area contributed by atoms with Crippen molar-refractivity contribution in [1.82, 2.24) is 0 Å². The van der Waals surface area contributed by atoms with Gasteiger partial charge in [0.1, 0.15) is 0 Å². The first kappa shape index (κ1) is 12.6. The van der Waals surface area contributed by atoms with Gasteiger partial charge in [0, 0.05) is 18.6 Å². The first-order valence-electron chi connectivity index (χ1n) is 6.73. The molecule has 2 unspecified atom stereocenters. The largest absolute Gasteiger partial charge is 0.396 e. The molecule has 1 aliphatic carbocycles. The average Bonchev–Trinajstić information content (AvgIpc) is 3.19. The zero-order valence-corrected chi connectivity index (χ0v) is 10.6. The highest BCUT2D eigenvalue weighted by atomic mass is 16.3. The van der Waals surface area contributed by atoms with E-state index >= 15 is 0 Å². The van der Waals surface area contributed by atoms with Crippen LogP contribution in [-0.4, -0.2) is 17.8 Å². The molecule has 0 aliphatic heterocycles. The van der Waals surface area contributed by atoms with Crippen LogP contribution in [0, 0.1) is 0 Å². The molecule has 2 heteroatoms.